The van der Waals surface area contributed by atoms with E-state index in [9.17, 15) is 37.8 Å². The van der Waals surface area contributed by atoms with Gasteiger partial charge in [-0.05, 0) is 63.1 Å². The molecule has 0 saturated carbocycles. The number of epoxide rings is 1. The second-order valence-corrected chi connectivity index (χ2v) is 15.6. The van der Waals surface area contributed by atoms with E-state index in [1.807, 2.05) is 13.0 Å². The highest BCUT2D eigenvalue weighted by molar-refractivity contribution is 6.35. The number of amides is 2. The second kappa shape index (κ2) is 17.2. The first-order chi connectivity index (χ1) is 27.0. The maximum atomic E-state index is 14.2. The number of hydrogen-bond donors (Lipinski definition) is 4. The number of alkyl halides is 3. The summed E-state index contributed by atoms with van der Waals surface area (Å²) in [7, 11) is 5.49. The molecule has 0 spiro atoms. The molecule has 14 nitrogen and oxygen atoms in total. The van der Waals surface area contributed by atoms with Crippen molar-refractivity contribution in [3.05, 3.63) is 75.8 Å². The molecular weight excluding hydrogens is 789 g/mol. The van der Waals surface area contributed by atoms with Crippen LogP contribution in [0.5, 0.6) is 5.75 Å². The number of nitrogens with zero attached hydrogens (tertiary/aromatic N) is 2. The third-order valence-corrected chi connectivity index (χ3v) is 11.5. The van der Waals surface area contributed by atoms with E-state index in [-0.39, 0.29) is 17.1 Å². The molecule has 0 aromatic heterocycles. The summed E-state index contributed by atoms with van der Waals surface area (Å²) in [5.74, 6) is -3.03. The van der Waals surface area contributed by atoms with Crippen LogP contribution in [0, 0.1) is 5.92 Å². The number of esters is 1. The van der Waals surface area contributed by atoms with Gasteiger partial charge >= 0.3 is 12.1 Å². The Morgan fingerprint density at radius 1 is 1.21 bits per heavy atom. The van der Waals surface area contributed by atoms with Gasteiger partial charge in [-0.1, -0.05) is 42.3 Å². The minimum atomic E-state index is -4.92. The van der Waals surface area contributed by atoms with Crippen molar-refractivity contribution in [2.24, 2.45) is 5.92 Å². The molecule has 2 fully saturated rings. The molecule has 3 heterocycles. The van der Waals surface area contributed by atoms with Crippen molar-refractivity contribution < 1.29 is 61.5 Å². The van der Waals surface area contributed by atoms with E-state index in [0.717, 1.165) is 35.2 Å². The number of anilines is 2. The van der Waals surface area contributed by atoms with E-state index in [0.29, 0.717) is 23.9 Å². The van der Waals surface area contributed by atoms with Crippen LogP contribution in [0.15, 0.2) is 54.1 Å². The Balaban J connectivity index is 1.52. The van der Waals surface area contributed by atoms with Gasteiger partial charge in [0.15, 0.2) is 5.72 Å². The van der Waals surface area contributed by atoms with Gasteiger partial charge in [0, 0.05) is 39.2 Å². The quantitative estimate of drug-likeness (QED) is 0.181. The van der Waals surface area contributed by atoms with Crippen molar-refractivity contribution in [3.8, 4) is 5.75 Å². The third kappa shape index (κ3) is 9.30. The fraction of sp³-hybridized carbons (Fsp3) is 0.525. The van der Waals surface area contributed by atoms with Gasteiger partial charge in [0.05, 0.1) is 42.6 Å². The zero-order chi connectivity index (χ0) is 43.1. The van der Waals surface area contributed by atoms with Gasteiger partial charge < -0.3 is 49.4 Å². The summed E-state index contributed by atoms with van der Waals surface area (Å²) in [6.07, 6.45) is -5.44. The Morgan fingerprint density at radius 2 is 1.90 bits per heavy atom. The molecule has 5 rings (SSSR count). The number of rotatable bonds is 6. The number of aliphatic hydroxyl groups excluding tert-OH is 1. The number of halogens is 4. The predicted octanol–water partition coefficient (Wildman–Crippen LogP) is 4.59. The van der Waals surface area contributed by atoms with Crippen LogP contribution in [-0.4, -0.2) is 109 Å². The number of aliphatic hydroxyl groups is 2. The minimum Gasteiger partial charge on any atom is -0.495 e. The summed E-state index contributed by atoms with van der Waals surface area (Å²) in [6.45, 7) is 6.52. The Hall–Kier alpha value is -4.23. The van der Waals surface area contributed by atoms with Crippen molar-refractivity contribution in [1.29, 1.82) is 0 Å². The lowest BCUT2D eigenvalue weighted by molar-refractivity contribution is -0.271. The number of hydrogen-bond acceptors (Lipinski definition) is 12. The van der Waals surface area contributed by atoms with Gasteiger partial charge in [-0.25, -0.2) is 10.1 Å². The summed E-state index contributed by atoms with van der Waals surface area (Å²) >= 11 is 6.74. The fourth-order valence-electron chi connectivity index (χ4n) is 7.46. The second-order valence-electron chi connectivity index (χ2n) is 15.2. The minimum absolute atomic E-state index is 0.0854. The van der Waals surface area contributed by atoms with Crippen LogP contribution >= 0.6 is 11.6 Å². The molecule has 2 aromatic carbocycles. The lowest BCUT2D eigenvalue weighted by Crippen LogP contribution is -2.65. The van der Waals surface area contributed by atoms with E-state index in [4.69, 9.17) is 41.0 Å². The van der Waals surface area contributed by atoms with Crippen LogP contribution in [0.1, 0.15) is 62.0 Å². The normalized spacial score (nSPS) is 31.3. The molecule has 4 bridgehead atoms. The zero-order valence-electron chi connectivity index (χ0n) is 33.4. The number of nitrogen functional groups attached to an aromatic ring is 1. The Morgan fingerprint density at radius 3 is 2.53 bits per heavy atom. The Bertz CT molecular complexity index is 1970. The number of benzene rings is 2. The van der Waals surface area contributed by atoms with Crippen LogP contribution < -0.4 is 20.7 Å². The van der Waals surface area contributed by atoms with Gasteiger partial charge in [-0.3, -0.25) is 9.59 Å². The van der Waals surface area contributed by atoms with E-state index in [1.165, 1.54) is 33.1 Å². The molecule has 318 valence electrons. The number of fused-ring (bicyclic) bond motifs is 5. The van der Waals surface area contributed by atoms with Crippen molar-refractivity contribution in [2.45, 2.75) is 101 Å². The smallest absolute Gasteiger partial charge is 0.417 e. The highest BCUT2D eigenvalue weighted by Crippen LogP contribution is 2.49. The topological polar surface area (TPSA) is 186 Å². The number of likely N-dealkylation sites (N-methyl/N-ethyl adjacent to an activating group) is 1. The number of methoxy groups -OCH3 is 2. The van der Waals surface area contributed by atoms with Crippen LogP contribution in [0.2, 0.25) is 5.02 Å². The SMILES string of the molecule is COc1cc2cc(c1Cl)N(C)C(=O)C[C@H](OC(=O)[C@H](C)N(C)C(=O)c1ccc(N)cc1C(F)(F)F)[C@]1(C)O[C@H]1[C@H](C)[C@@H]1C[C@@](O)(NC(O)O1)[C@H](OC)/C=C/C=C(\C)C2. The monoisotopic (exact) mass is 838 g/mol. The van der Waals surface area contributed by atoms with Crippen LogP contribution in [0.25, 0.3) is 0 Å². The molecule has 58 heavy (non-hydrogen) atoms. The summed E-state index contributed by atoms with van der Waals surface area (Å²) in [4.78, 5) is 43.6. The van der Waals surface area contributed by atoms with Crippen LogP contribution in [0.4, 0.5) is 24.5 Å². The molecule has 3 aliphatic heterocycles. The van der Waals surface area contributed by atoms with Gasteiger partial charge in [0.25, 0.3) is 5.91 Å². The first kappa shape index (κ1) is 44.9. The molecular formula is C40H50ClF3N4O10. The van der Waals surface area contributed by atoms with Crippen LogP contribution in [0.3, 0.4) is 0 Å². The lowest BCUT2D eigenvalue weighted by atomic mass is 9.83. The molecule has 2 aromatic rings. The summed E-state index contributed by atoms with van der Waals surface area (Å²) in [6, 6.07) is 4.72. The molecule has 9 atom stereocenters. The summed E-state index contributed by atoms with van der Waals surface area (Å²) in [5, 5.41) is 25.3. The number of carbonyl (C=O) groups is 3. The van der Waals surface area contributed by atoms with Gasteiger partial charge in [-0.2, -0.15) is 13.2 Å². The first-order valence-electron chi connectivity index (χ1n) is 18.5. The first-order valence-corrected chi connectivity index (χ1v) is 18.9. The van der Waals surface area contributed by atoms with Gasteiger partial charge in [-0.15, -0.1) is 0 Å². The predicted molar refractivity (Wildman–Crippen MR) is 207 cm³/mol. The summed E-state index contributed by atoms with van der Waals surface area (Å²) < 4.78 is 71.0. The third-order valence-electron chi connectivity index (χ3n) is 11.1. The maximum absolute atomic E-state index is 14.2. The van der Waals surface area contributed by atoms with Gasteiger partial charge in [0.2, 0.25) is 12.3 Å². The van der Waals surface area contributed by atoms with E-state index < -0.39 is 95.6 Å². The number of carbonyl (C=O) groups excluding carboxylic acids is 3. The van der Waals surface area contributed by atoms with Crippen molar-refractivity contribution in [3.63, 3.8) is 0 Å². The Kier molecular flexibility index (Phi) is 13.3. The zero-order valence-corrected chi connectivity index (χ0v) is 34.2. The van der Waals surface area contributed by atoms with Crippen molar-refractivity contribution in [2.75, 3.05) is 38.9 Å². The molecule has 5 N–H and O–H groups in total. The summed E-state index contributed by atoms with van der Waals surface area (Å²) in [5.41, 5.74) is 2.10. The van der Waals surface area contributed by atoms with E-state index in [1.54, 1.807) is 38.1 Å². The average Bonchev–Trinajstić information content (AvgIpc) is 3.86. The van der Waals surface area contributed by atoms with Crippen LogP contribution in [-0.2, 0) is 41.1 Å². The number of allylic oxidation sites excluding steroid dienone is 3. The molecule has 18 heteroatoms. The molecule has 2 amide bonds. The Labute approximate surface area is 339 Å². The number of ether oxygens (including phenoxy) is 5. The van der Waals surface area contributed by atoms with Gasteiger partial charge in [0.1, 0.15) is 34.6 Å². The largest absolute Gasteiger partial charge is 0.495 e. The number of nitrogens with two attached hydrogens (primary N) is 1. The standard InChI is InChI=1S/C40H50ClF3N4O10/c1-20-10-9-11-30(55-8)39(53)19-29(56-37(52)46-39)21(2)34-38(4,58-34)31(18-32(49)48(6)27-15-23(14-20)16-28(54-7)33(27)41)57-36(51)22(3)47(5)35(50)25-13-12-24(45)17-26(25)40(42,43)44/h9-13,15-17,21-22,29-31,34,37,46,52-53H,14,18-19,45H2,1-8H3/b11-9+,20-10+/t21-,22+,29+,30-,31+,34+,37?,38+,39+/m1/s1. The van der Waals surface area contributed by atoms with E-state index >= 15 is 0 Å². The fourth-order valence-corrected chi connectivity index (χ4v) is 7.78. The molecule has 1 unspecified atom stereocenters. The molecule has 3 aliphatic rings. The maximum Gasteiger partial charge on any atom is 0.417 e. The molecule has 0 radical (unpaired) electrons. The average molecular weight is 839 g/mol. The highest BCUT2D eigenvalue weighted by atomic mass is 35.5. The van der Waals surface area contributed by atoms with Crippen molar-refractivity contribution >= 4 is 40.8 Å². The molecule has 0 aliphatic carbocycles. The van der Waals surface area contributed by atoms with E-state index in [2.05, 4.69) is 5.32 Å². The lowest BCUT2D eigenvalue weighted by Gasteiger charge is -2.44. The number of nitrogens with one attached hydrogen (secondary N) is 1. The highest BCUT2D eigenvalue weighted by Gasteiger charge is 2.64. The molecule has 2 saturated heterocycles. The van der Waals surface area contributed by atoms with Crippen molar-refractivity contribution in [1.82, 2.24) is 10.2 Å².